The van der Waals surface area contributed by atoms with Crippen LogP contribution >= 0.6 is 66.1 Å². The highest BCUT2D eigenvalue weighted by Crippen LogP contribution is 2.42. The van der Waals surface area contributed by atoms with Gasteiger partial charge in [0, 0.05) is 50.9 Å². The van der Waals surface area contributed by atoms with E-state index >= 15 is 0 Å². The van der Waals surface area contributed by atoms with Crippen LogP contribution in [0.3, 0.4) is 0 Å². The Morgan fingerprint density at radius 1 is 0.412 bits per heavy atom. The summed E-state index contributed by atoms with van der Waals surface area (Å²) in [5, 5.41) is 0.598. The zero-order valence-corrected chi connectivity index (χ0v) is 34.5. The third kappa shape index (κ3) is 6.39. The van der Waals surface area contributed by atoms with Crippen molar-refractivity contribution in [2.24, 2.45) is 0 Å². The summed E-state index contributed by atoms with van der Waals surface area (Å²) in [6, 6.07) is 29.7. The van der Waals surface area contributed by atoms with Gasteiger partial charge in [0.25, 0.3) is 0 Å². The van der Waals surface area contributed by atoms with Crippen LogP contribution < -0.4 is 0 Å². The van der Waals surface area contributed by atoms with Gasteiger partial charge in [-0.25, -0.2) is 0 Å². The molecule has 3 aliphatic rings. The standard InChI is InChI=1S/C16H14O.C14H8BrClO.C14H8BrIO/c1-9-4-5-12-13-7-10(2)11(3)8-15(13)16(17)14(12)6-9;2*1-7-4-10-9-3-2-8(16)5-11(9)14(17)12(10)6-13(7)15/h4-8H,1-3H3;2*2-6H,1H3. The minimum Gasteiger partial charge on any atom is -0.289 e. The first-order chi connectivity index (χ1) is 24.2. The summed E-state index contributed by atoms with van der Waals surface area (Å²) in [6.45, 7) is 10.2. The molecular formula is C44H30Br2ClIO3. The molecule has 0 aliphatic heterocycles. The van der Waals surface area contributed by atoms with E-state index in [0.717, 1.165) is 90.4 Å². The molecule has 3 nitrogen and oxygen atoms in total. The van der Waals surface area contributed by atoms with Crippen molar-refractivity contribution < 1.29 is 14.4 Å². The molecule has 0 heterocycles. The van der Waals surface area contributed by atoms with E-state index < -0.39 is 0 Å². The van der Waals surface area contributed by atoms with Crippen LogP contribution in [-0.2, 0) is 0 Å². The third-order valence-corrected chi connectivity index (χ3v) is 12.3. The Hall–Kier alpha value is -3.69. The minimum atomic E-state index is 0.0539. The average Bonchev–Trinajstić information content (AvgIpc) is 3.62. The highest BCUT2D eigenvalue weighted by molar-refractivity contribution is 14.1. The molecule has 3 aliphatic carbocycles. The van der Waals surface area contributed by atoms with Gasteiger partial charge < -0.3 is 0 Å². The first kappa shape index (κ1) is 35.7. The molecule has 0 aromatic heterocycles. The summed E-state index contributed by atoms with van der Waals surface area (Å²) < 4.78 is 3.05. The van der Waals surface area contributed by atoms with Crippen molar-refractivity contribution in [1.29, 1.82) is 0 Å². The van der Waals surface area contributed by atoms with Crippen LogP contribution in [0.4, 0.5) is 0 Å². The van der Waals surface area contributed by atoms with E-state index in [2.05, 4.69) is 92.6 Å². The molecule has 6 aromatic carbocycles. The summed E-state index contributed by atoms with van der Waals surface area (Å²) in [4.78, 5) is 36.8. The summed E-state index contributed by atoms with van der Waals surface area (Å²) in [6.07, 6.45) is 0. The van der Waals surface area contributed by atoms with Crippen molar-refractivity contribution >= 4 is 83.4 Å². The molecule has 0 saturated heterocycles. The normalized spacial score (nSPS) is 12.5. The second-order valence-corrected chi connectivity index (χ2v) is 16.6. The molecule has 0 radical (unpaired) electrons. The Balaban J connectivity index is 0.000000119. The third-order valence-electron chi connectivity index (χ3n) is 9.71. The first-order valence-corrected chi connectivity index (χ1v) is 19.3. The van der Waals surface area contributed by atoms with Crippen LogP contribution in [0.15, 0.2) is 99.9 Å². The first-order valence-electron chi connectivity index (χ1n) is 16.3. The maximum Gasteiger partial charge on any atom is 0.194 e. The van der Waals surface area contributed by atoms with Crippen molar-refractivity contribution in [2.45, 2.75) is 34.6 Å². The number of hydrogen-bond acceptors (Lipinski definition) is 3. The van der Waals surface area contributed by atoms with Crippen molar-refractivity contribution in [1.82, 2.24) is 0 Å². The molecule has 0 fully saturated rings. The average molecular weight is 929 g/mol. The van der Waals surface area contributed by atoms with Gasteiger partial charge in [0.05, 0.1) is 0 Å². The van der Waals surface area contributed by atoms with E-state index in [1.165, 1.54) is 11.1 Å². The van der Waals surface area contributed by atoms with E-state index in [-0.39, 0.29) is 17.3 Å². The van der Waals surface area contributed by atoms with E-state index in [4.69, 9.17) is 11.6 Å². The molecule has 6 aromatic rings. The summed E-state index contributed by atoms with van der Waals surface area (Å²) in [5.41, 5.74) is 16.9. The number of hydrogen-bond donors (Lipinski definition) is 0. The van der Waals surface area contributed by atoms with Gasteiger partial charge in [0.1, 0.15) is 0 Å². The van der Waals surface area contributed by atoms with Gasteiger partial charge in [-0.05, 0) is 174 Å². The number of rotatable bonds is 0. The number of carbonyl (C=O) groups is 3. The van der Waals surface area contributed by atoms with Gasteiger partial charge in [0.15, 0.2) is 17.3 Å². The molecule has 7 heteroatoms. The lowest BCUT2D eigenvalue weighted by Gasteiger charge is -2.04. The fourth-order valence-corrected chi connectivity index (χ4v) is 8.16. The second kappa shape index (κ2) is 13.7. The smallest absolute Gasteiger partial charge is 0.194 e. The molecule has 0 bridgehead atoms. The van der Waals surface area contributed by atoms with Crippen LogP contribution in [-0.4, -0.2) is 17.3 Å². The van der Waals surface area contributed by atoms with Crippen LogP contribution in [0, 0.1) is 38.2 Å². The van der Waals surface area contributed by atoms with Gasteiger partial charge in [-0.1, -0.05) is 79.4 Å². The van der Waals surface area contributed by atoms with E-state index in [9.17, 15) is 14.4 Å². The lowest BCUT2D eigenvalue weighted by molar-refractivity contribution is 0.103. The summed E-state index contributed by atoms with van der Waals surface area (Å²) >= 11 is 15.1. The number of aryl methyl sites for hydroxylation is 5. The number of fused-ring (bicyclic) bond motifs is 9. The highest BCUT2D eigenvalue weighted by Gasteiger charge is 2.29. The van der Waals surface area contributed by atoms with Gasteiger partial charge in [-0.2, -0.15) is 0 Å². The molecule has 0 N–H and O–H groups in total. The molecule has 51 heavy (non-hydrogen) atoms. The SMILES string of the molecule is Cc1cc2c(cc1Br)C(=O)c1cc(Cl)ccc1-2.Cc1cc2c(cc1Br)C(=O)c1cc(I)ccc1-2.Cc1ccc2c(c1)C(=O)c1cc(C)c(C)cc1-2. The molecule has 0 saturated carbocycles. The number of carbonyl (C=O) groups excluding carboxylic acids is 3. The molecule has 0 amide bonds. The zero-order chi connectivity index (χ0) is 36.5. The van der Waals surface area contributed by atoms with Gasteiger partial charge in [-0.15, -0.1) is 0 Å². The Morgan fingerprint density at radius 3 is 1.31 bits per heavy atom. The highest BCUT2D eigenvalue weighted by atomic mass is 127. The molecule has 0 atom stereocenters. The Morgan fingerprint density at radius 2 is 0.784 bits per heavy atom. The van der Waals surface area contributed by atoms with E-state index in [1.807, 2.05) is 81.4 Å². The maximum atomic E-state index is 12.3. The fraction of sp³-hybridized carbons (Fsp3) is 0.114. The van der Waals surface area contributed by atoms with E-state index in [1.54, 1.807) is 6.07 Å². The van der Waals surface area contributed by atoms with Crippen LogP contribution in [0.2, 0.25) is 5.02 Å². The van der Waals surface area contributed by atoms with Crippen LogP contribution in [0.1, 0.15) is 75.6 Å². The van der Waals surface area contributed by atoms with Crippen molar-refractivity contribution in [3.63, 3.8) is 0 Å². The molecule has 252 valence electrons. The summed E-state index contributed by atoms with van der Waals surface area (Å²) in [7, 11) is 0. The Labute approximate surface area is 332 Å². The lowest BCUT2D eigenvalue weighted by atomic mass is 9.99. The van der Waals surface area contributed by atoms with Gasteiger partial charge in [-0.3, -0.25) is 14.4 Å². The number of benzene rings is 6. The predicted molar refractivity (Wildman–Crippen MR) is 223 cm³/mol. The molecule has 0 unspecified atom stereocenters. The van der Waals surface area contributed by atoms with Crippen LogP contribution in [0.5, 0.6) is 0 Å². The minimum absolute atomic E-state index is 0.0539. The monoisotopic (exact) mass is 926 g/mol. The maximum absolute atomic E-state index is 12.3. The topological polar surface area (TPSA) is 51.2 Å². The fourth-order valence-electron chi connectivity index (χ4n) is 6.81. The van der Waals surface area contributed by atoms with E-state index in [0.29, 0.717) is 10.6 Å². The second-order valence-electron chi connectivity index (χ2n) is 13.2. The van der Waals surface area contributed by atoms with Crippen molar-refractivity contribution in [2.75, 3.05) is 0 Å². The summed E-state index contributed by atoms with van der Waals surface area (Å²) in [5.74, 6) is 0.356. The van der Waals surface area contributed by atoms with Gasteiger partial charge >= 0.3 is 0 Å². The largest absolute Gasteiger partial charge is 0.289 e. The van der Waals surface area contributed by atoms with Gasteiger partial charge in [0.2, 0.25) is 0 Å². The van der Waals surface area contributed by atoms with Crippen molar-refractivity contribution in [3.05, 3.63) is 170 Å². The number of ketones is 3. The van der Waals surface area contributed by atoms with Crippen molar-refractivity contribution in [3.8, 4) is 33.4 Å². The Bertz CT molecular complexity index is 2260. The Kier molecular flexibility index (Phi) is 9.59. The zero-order valence-electron chi connectivity index (χ0n) is 28.4. The lowest BCUT2D eigenvalue weighted by Crippen LogP contribution is -1.96. The molecule has 0 spiro atoms. The molecular weight excluding hydrogens is 899 g/mol. The quantitative estimate of drug-likeness (QED) is 0.142. The number of halogens is 4. The van der Waals surface area contributed by atoms with Crippen LogP contribution in [0.25, 0.3) is 33.4 Å². The predicted octanol–water partition coefficient (Wildman–Crippen LogP) is 13.0. The molecule has 9 rings (SSSR count).